The van der Waals surface area contributed by atoms with Gasteiger partial charge >= 0.3 is 0 Å². The lowest BCUT2D eigenvalue weighted by molar-refractivity contribution is 0.413. The van der Waals surface area contributed by atoms with E-state index in [0.717, 1.165) is 12.1 Å². The zero-order valence-electron chi connectivity index (χ0n) is 10.3. The van der Waals surface area contributed by atoms with Crippen LogP contribution in [0.1, 0.15) is 38.1 Å². The number of rotatable bonds is 5. The van der Waals surface area contributed by atoms with Crippen molar-refractivity contribution in [1.82, 2.24) is 9.78 Å². The molecule has 3 heteroatoms. The van der Waals surface area contributed by atoms with Gasteiger partial charge in [-0.25, -0.2) is 0 Å². The van der Waals surface area contributed by atoms with Crippen molar-refractivity contribution in [3.8, 4) is 0 Å². The molecule has 0 aliphatic heterocycles. The minimum absolute atomic E-state index is 0.250. The predicted octanol–water partition coefficient (Wildman–Crippen LogP) is 2.03. The second-order valence-electron chi connectivity index (χ2n) is 4.53. The molecule has 0 spiro atoms. The number of aryl methyl sites for hydroxylation is 2. The molecule has 0 amide bonds. The average molecular weight is 209 g/mol. The molecule has 0 aliphatic carbocycles. The summed E-state index contributed by atoms with van der Waals surface area (Å²) in [7, 11) is 1.99. The summed E-state index contributed by atoms with van der Waals surface area (Å²) in [6.07, 6.45) is 3.34. The van der Waals surface area contributed by atoms with Gasteiger partial charge in [0, 0.05) is 25.2 Å². The molecule has 2 N–H and O–H groups in total. The van der Waals surface area contributed by atoms with Crippen molar-refractivity contribution in [2.24, 2.45) is 18.7 Å². The fourth-order valence-electron chi connectivity index (χ4n) is 1.97. The van der Waals surface area contributed by atoms with Crippen LogP contribution in [-0.4, -0.2) is 15.8 Å². The molecule has 1 heterocycles. The highest BCUT2D eigenvalue weighted by molar-refractivity contribution is 5.10. The second kappa shape index (κ2) is 5.31. The van der Waals surface area contributed by atoms with E-state index in [1.54, 1.807) is 0 Å². The van der Waals surface area contributed by atoms with Crippen LogP contribution < -0.4 is 5.73 Å². The van der Waals surface area contributed by atoms with E-state index in [1.807, 2.05) is 18.7 Å². The Morgan fingerprint density at radius 1 is 1.53 bits per heavy atom. The van der Waals surface area contributed by atoms with E-state index in [0.29, 0.717) is 5.92 Å². The van der Waals surface area contributed by atoms with Gasteiger partial charge in [-0.2, -0.15) is 5.10 Å². The van der Waals surface area contributed by atoms with Crippen molar-refractivity contribution < 1.29 is 0 Å². The molecule has 0 radical (unpaired) electrons. The monoisotopic (exact) mass is 209 g/mol. The third kappa shape index (κ3) is 3.34. The van der Waals surface area contributed by atoms with Gasteiger partial charge in [0.2, 0.25) is 0 Å². The highest BCUT2D eigenvalue weighted by Gasteiger charge is 2.14. The topological polar surface area (TPSA) is 43.8 Å². The Balaban J connectivity index is 2.57. The van der Waals surface area contributed by atoms with E-state index in [4.69, 9.17) is 5.73 Å². The van der Waals surface area contributed by atoms with Gasteiger partial charge in [0.05, 0.1) is 5.69 Å². The molecular formula is C12H23N3. The molecule has 2 atom stereocenters. The fourth-order valence-corrected chi connectivity index (χ4v) is 1.97. The standard InChI is InChI=1S/C12H23N3/c1-5-6-9(2)12(13)8-11-7-10(3)14-15(11)4/h7,9,12H,5-6,8,13H2,1-4H3. The smallest absolute Gasteiger partial charge is 0.0596 e. The molecule has 86 valence electrons. The van der Waals surface area contributed by atoms with Crippen LogP contribution in [0.15, 0.2) is 6.07 Å². The van der Waals surface area contributed by atoms with Crippen molar-refractivity contribution in [2.75, 3.05) is 0 Å². The lowest BCUT2D eigenvalue weighted by atomic mass is 9.94. The maximum Gasteiger partial charge on any atom is 0.0596 e. The number of aromatic nitrogens is 2. The van der Waals surface area contributed by atoms with Crippen molar-refractivity contribution in [3.05, 3.63) is 17.5 Å². The third-order valence-electron chi connectivity index (χ3n) is 3.02. The summed E-state index contributed by atoms with van der Waals surface area (Å²) >= 11 is 0. The van der Waals surface area contributed by atoms with Crippen LogP contribution in [0.3, 0.4) is 0 Å². The van der Waals surface area contributed by atoms with E-state index in [-0.39, 0.29) is 6.04 Å². The molecule has 2 unspecified atom stereocenters. The number of hydrogen-bond donors (Lipinski definition) is 1. The Labute approximate surface area is 92.7 Å². The first-order chi connectivity index (χ1) is 7.04. The molecule has 15 heavy (non-hydrogen) atoms. The van der Waals surface area contributed by atoms with Gasteiger partial charge in [-0.1, -0.05) is 20.3 Å². The molecule has 0 aromatic carbocycles. The average Bonchev–Trinajstić information content (AvgIpc) is 2.45. The molecule has 0 fully saturated rings. The Bertz CT molecular complexity index is 304. The van der Waals surface area contributed by atoms with E-state index in [9.17, 15) is 0 Å². The van der Waals surface area contributed by atoms with Gasteiger partial charge in [0.1, 0.15) is 0 Å². The molecule has 0 bridgehead atoms. The van der Waals surface area contributed by atoms with Gasteiger partial charge in [-0.3, -0.25) is 4.68 Å². The summed E-state index contributed by atoms with van der Waals surface area (Å²) in [6.45, 7) is 6.46. The quantitative estimate of drug-likeness (QED) is 0.806. The van der Waals surface area contributed by atoms with Crippen LogP contribution in [0.4, 0.5) is 0 Å². The van der Waals surface area contributed by atoms with Gasteiger partial charge in [0.25, 0.3) is 0 Å². The Kier molecular flexibility index (Phi) is 4.33. The first-order valence-electron chi connectivity index (χ1n) is 5.79. The Morgan fingerprint density at radius 2 is 2.20 bits per heavy atom. The number of hydrogen-bond acceptors (Lipinski definition) is 2. The molecular weight excluding hydrogens is 186 g/mol. The van der Waals surface area contributed by atoms with Crippen molar-refractivity contribution in [1.29, 1.82) is 0 Å². The minimum Gasteiger partial charge on any atom is -0.327 e. The molecule has 1 aromatic heterocycles. The first kappa shape index (κ1) is 12.2. The lowest BCUT2D eigenvalue weighted by Crippen LogP contribution is -2.31. The van der Waals surface area contributed by atoms with E-state index >= 15 is 0 Å². The van der Waals surface area contributed by atoms with Gasteiger partial charge < -0.3 is 5.73 Å². The van der Waals surface area contributed by atoms with E-state index in [1.165, 1.54) is 18.5 Å². The minimum atomic E-state index is 0.250. The van der Waals surface area contributed by atoms with Gasteiger partial charge in [0.15, 0.2) is 0 Å². The predicted molar refractivity (Wildman–Crippen MR) is 63.7 cm³/mol. The van der Waals surface area contributed by atoms with E-state index in [2.05, 4.69) is 25.0 Å². The molecule has 1 rings (SSSR count). The molecule has 0 saturated heterocycles. The summed E-state index contributed by atoms with van der Waals surface area (Å²) in [5, 5.41) is 4.33. The van der Waals surface area contributed by atoms with Crippen LogP contribution in [0, 0.1) is 12.8 Å². The zero-order valence-corrected chi connectivity index (χ0v) is 10.3. The van der Waals surface area contributed by atoms with E-state index < -0.39 is 0 Å². The van der Waals surface area contributed by atoms with Crippen LogP contribution >= 0.6 is 0 Å². The second-order valence-corrected chi connectivity index (χ2v) is 4.53. The summed E-state index contributed by atoms with van der Waals surface area (Å²) in [5.74, 6) is 0.588. The summed E-state index contributed by atoms with van der Waals surface area (Å²) in [5.41, 5.74) is 8.48. The van der Waals surface area contributed by atoms with Crippen LogP contribution in [0.25, 0.3) is 0 Å². The summed E-state index contributed by atoms with van der Waals surface area (Å²) in [6, 6.07) is 2.37. The van der Waals surface area contributed by atoms with Crippen LogP contribution in [0.2, 0.25) is 0 Å². The molecule has 0 aliphatic rings. The van der Waals surface area contributed by atoms with Crippen molar-refractivity contribution >= 4 is 0 Å². The van der Waals surface area contributed by atoms with Gasteiger partial charge in [-0.15, -0.1) is 0 Å². The summed E-state index contributed by atoms with van der Waals surface area (Å²) < 4.78 is 1.94. The largest absolute Gasteiger partial charge is 0.327 e. The normalized spacial score (nSPS) is 15.3. The first-order valence-corrected chi connectivity index (χ1v) is 5.79. The van der Waals surface area contributed by atoms with Gasteiger partial charge in [-0.05, 0) is 25.3 Å². The fraction of sp³-hybridized carbons (Fsp3) is 0.750. The molecule has 0 saturated carbocycles. The van der Waals surface area contributed by atoms with Crippen molar-refractivity contribution in [3.63, 3.8) is 0 Å². The summed E-state index contributed by atoms with van der Waals surface area (Å²) in [4.78, 5) is 0. The van der Waals surface area contributed by atoms with Crippen LogP contribution in [-0.2, 0) is 13.5 Å². The highest BCUT2D eigenvalue weighted by Crippen LogP contribution is 2.13. The zero-order chi connectivity index (χ0) is 11.4. The SMILES string of the molecule is CCCC(C)C(N)Cc1cc(C)nn1C. The maximum atomic E-state index is 6.17. The van der Waals surface area contributed by atoms with Crippen molar-refractivity contribution in [2.45, 2.75) is 46.1 Å². The van der Waals surface area contributed by atoms with Crippen LogP contribution in [0.5, 0.6) is 0 Å². The lowest BCUT2D eigenvalue weighted by Gasteiger charge is -2.19. The maximum absolute atomic E-state index is 6.17. The molecule has 1 aromatic rings. The highest BCUT2D eigenvalue weighted by atomic mass is 15.3. The third-order valence-corrected chi connectivity index (χ3v) is 3.02. The number of nitrogens with two attached hydrogens (primary N) is 1. The Morgan fingerprint density at radius 3 is 2.67 bits per heavy atom. The number of nitrogens with zero attached hydrogens (tertiary/aromatic N) is 2. The Hall–Kier alpha value is -0.830. The molecule has 3 nitrogen and oxygen atoms in total.